The van der Waals surface area contributed by atoms with Crippen molar-refractivity contribution in [2.24, 2.45) is 5.92 Å². The fourth-order valence-electron chi connectivity index (χ4n) is 2.76. The summed E-state index contributed by atoms with van der Waals surface area (Å²) in [5.74, 6) is -0.270. The van der Waals surface area contributed by atoms with Gasteiger partial charge in [-0.1, -0.05) is 12.1 Å². The third-order valence-corrected chi connectivity index (χ3v) is 4.02. The van der Waals surface area contributed by atoms with Crippen molar-refractivity contribution >= 4 is 0 Å². The van der Waals surface area contributed by atoms with Crippen LogP contribution in [0.15, 0.2) is 24.3 Å². The standard InChI is InChI=1S/C16H22F3NO/c1-2-21-15-9-3-12(4-10-15)11-20-14-7-5-13(6-8-14)16(17,18)19/h3-4,9-10,13-14,20H,2,5-8,11H2,1H3. The molecule has 0 aromatic heterocycles. The van der Waals surface area contributed by atoms with Crippen molar-refractivity contribution in [1.82, 2.24) is 5.32 Å². The lowest BCUT2D eigenvalue weighted by Crippen LogP contribution is -2.36. The second-order valence-corrected chi connectivity index (χ2v) is 5.55. The summed E-state index contributed by atoms with van der Waals surface area (Å²) in [6.45, 7) is 3.26. The molecule has 21 heavy (non-hydrogen) atoms. The van der Waals surface area contributed by atoms with Gasteiger partial charge in [0.05, 0.1) is 12.5 Å². The molecule has 2 nitrogen and oxygen atoms in total. The van der Waals surface area contributed by atoms with Gasteiger partial charge in [-0.3, -0.25) is 0 Å². The van der Waals surface area contributed by atoms with Crippen molar-refractivity contribution < 1.29 is 17.9 Å². The van der Waals surface area contributed by atoms with E-state index >= 15 is 0 Å². The van der Waals surface area contributed by atoms with Crippen molar-refractivity contribution in [2.75, 3.05) is 6.61 Å². The highest BCUT2D eigenvalue weighted by Crippen LogP contribution is 2.37. The number of rotatable bonds is 5. The van der Waals surface area contributed by atoms with E-state index in [4.69, 9.17) is 4.74 Å². The molecule has 0 saturated heterocycles. The lowest BCUT2D eigenvalue weighted by atomic mass is 9.85. The maximum Gasteiger partial charge on any atom is 0.391 e. The van der Waals surface area contributed by atoms with Crippen LogP contribution in [0.4, 0.5) is 13.2 Å². The number of hydrogen-bond donors (Lipinski definition) is 1. The Kier molecular flexibility index (Phi) is 5.51. The van der Waals surface area contributed by atoms with E-state index in [0.29, 0.717) is 26.0 Å². The Balaban J connectivity index is 1.74. The van der Waals surface area contributed by atoms with Gasteiger partial charge in [-0.2, -0.15) is 13.2 Å². The zero-order chi connectivity index (χ0) is 15.3. The third-order valence-electron chi connectivity index (χ3n) is 4.02. The molecule has 0 unspecified atom stereocenters. The first kappa shape index (κ1) is 16.1. The summed E-state index contributed by atoms with van der Waals surface area (Å²) < 4.78 is 43.1. The number of halogens is 3. The molecular weight excluding hydrogens is 279 g/mol. The smallest absolute Gasteiger partial charge is 0.391 e. The molecule has 0 bridgehead atoms. The minimum absolute atomic E-state index is 0.190. The van der Waals surface area contributed by atoms with Gasteiger partial charge >= 0.3 is 6.18 Å². The molecule has 2 rings (SSSR count). The Morgan fingerprint density at radius 3 is 2.24 bits per heavy atom. The molecule has 118 valence electrons. The Labute approximate surface area is 123 Å². The van der Waals surface area contributed by atoms with E-state index in [1.54, 1.807) is 0 Å². The number of hydrogen-bond acceptors (Lipinski definition) is 2. The first-order valence-electron chi connectivity index (χ1n) is 7.51. The van der Waals surface area contributed by atoms with Crippen LogP contribution in [0.25, 0.3) is 0 Å². The highest BCUT2D eigenvalue weighted by atomic mass is 19.4. The van der Waals surface area contributed by atoms with E-state index in [-0.39, 0.29) is 18.9 Å². The summed E-state index contributed by atoms with van der Waals surface area (Å²) in [5, 5.41) is 3.35. The average Bonchev–Trinajstić information content (AvgIpc) is 2.46. The fourth-order valence-corrected chi connectivity index (χ4v) is 2.76. The average molecular weight is 301 g/mol. The zero-order valence-corrected chi connectivity index (χ0v) is 12.2. The van der Waals surface area contributed by atoms with Gasteiger partial charge in [-0.15, -0.1) is 0 Å². The summed E-state index contributed by atoms with van der Waals surface area (Å²) in [4.78, 5) is 0. The van der Waals surface area contributed by atoms with Crippen LogP contribution in [0.3, 0.4) is 0 Å². The Morgan fingerprint density at radius 1 is 1.10 bits per heavy atom. The highest BCUT2D eigenvalue weighted by molar-refractivity contribution is 5.27. The quantitative estimate of drug-likeness (QED) is 0.875. The van der Waals surface area contributed by atoms with Gasteiger partial charge in [0, 0.05) is 12.6 Å². The van der Waals surface area contributed by atoms with Crippen LogP contribution in [-0.4, -0.2) is 18.8 Å². The SMILES string of the molecule is CCOc1ccc(CNC2CCC(C(F)(F)F)CC2)cc1. The Bertz CT molecular complexity index is 422. The van der Waals surface area contributed by atoms with Gasteiger partial charge in [0.15, 0.2) is 0 Å². The van der Waals surface area contributed by atoms with Crippen molar-refractivity contribution in [3.05, 3.63) is 29.8 Å². The summed E-state index contributed by atoms with van der Waals surface area (Å²) in [7, 11) is 0. The summed E-state index contributed by atoms with van der Waals surface area (Å²) in [6, 6.07) is 8.00. The molecule has 1 aliphatic rings. The van der Waals surface area contributed by atoms with Gasteiger partial charge in [0.2, 0.25) is 0 Å². The molecule has 1 aliphatic carbocycles. The van der Waals surface area contributed by atoms with Crippen LogP contribution in [0.5, 0.6) is 5.75 Å². The molecule has 1 aromatic carbocycles. The van der Waals surface area contributed by atoms with Crippen molar-refractivity contribution in [1.29, 1.82) is 0 Å². The van der Waals surface area contributed by atoms with Crippen LogP contribution in [-0.2, 0) is 6.54 Å². The molecular formula is C16H22F3NO. The molecule has 0 heterocycles. The van der Waals surface area contributed by atoms with Crippen LogP contribution in [0.2, 0.25) is 0 Å². The minimum Gasteiger partial charge on any atom is -0.494 e. The summed E-state index contributed by atoms with van der Waals surface area (Å²) in [5.41, 5.74) is 1.12. The van der Waals surface area contributed by atoms with E-state index in [1.807, 2.05) is 31.2 Å². The maximum absolute atomic E-state index is 12.6. The van der Waals surface area contributed by atoms with E-state index < -0.39 is 12.1 Å². The minimum atomic E-state index is -4.03. The molecule has 5 heteroatoms. The lowest BCUT2D eigenvalue weighted by Gasteiger charge is -2.30. The first-order valence-corrected chi connectivity index (χ1v) is 7.51. The van der Waals surface area contributed by atoms with Gasteiger partial charge in [-0.05, 0) is 50.3 Å². The molecule has 0 aliphatic heterocycles. The molecule has 0 amide bonds. The molecule has 0 spiro atoms. The van der Waals surface area contributed by atoms with Gasteiger partial charge in [0.25, 0.3) is 0 Å². The second kappa shape index (κ2) is 7.16. The molecule has 1 saturated carbocycles. The highest BCUT2D eigenvalue weighted by Gasteiger charge is 2.41. The van der Waals surface area contributed by atoms with Crippen LogP contribution in [0, 0.1) is 5.92 Å². The van der Waals surface area contributed by atoms with Crippen molar-refractivity contribution in [3.8, 4) is 5.75 Å². The van der Waals surface area contributed by atoms with E-state index in [2.05, 4.69) is 5.32 Å². The Morgan fingerprint density at radius 2 is 1.71 bits per heavy atom. The third kappa shape index (κ3) is 4.92. The fraction of sp³-hybridized carbons (Fsp3) is 0.625. The normalized spacial score (nSPS) is 23.0. The predicted molar refractivity (Wildman–Crippen MR) is 76.3 cm³/mol. The number of nitrogens with one attached hydrogen (secondary N) is 1. The molecule has 0 radical (unpaired) electrons. The molecule has 1 aromatic rings. The maximum atomic E-state index is 12.6. The predicted octanol–water partition coefficient (Wildman–Crippen LogP) is 4.30. The van der Waals surface area contributed by atoms with E-state index in [9.17, 15) is 13.2 Å². The first-order chi connectivity index (χ1) is 9.99. The van der Waals surface area contributed by atoms with Crippen LogP contribution in [0.1, 0.15) is 38.2 Å². The molecule has 0 atom stereocenters. The van der Waals surface area contributed by atoms with Crippen molar-refractivity contribution in [3.63, 3.8) is 0 Å². The monoisotopic (exact) mass is 301 g/mol. The largest absolute Gasteiger partial charge is 0.494 e. The second-order valence-electron chi connectivity index (χ2n) is 5.55. The summed E-state index contributed by atoms with van der Waals surface area (Å²) in [6.07, 6.45) is -2.35. The zero-order valence-electron chi connectivity index (χ0n) is 12.2. The van der Waals surface area contributed by atoms with E-state index in [0.717, 1.165) is 11.3 Å². The van der Waals surface area contributed by atoms with Crippen LogP contribution >= 0.6 is 0 Å². The van der Waals surface area contributed by atoms with Gasteiger partial charge in [0.1, 0.15) is 5.75 Å². The number of alkyl halides is 3. The van der Waals surface area contributed by atoms with E-state index in [1.165, 1.54) is 0 Å². The van der Waals surface area contributed by atoms with Gasteiger partial charge < -0.3 is 10.1 Å². The number of benzene rings is 1. The lowest BCUT2D eigenvalue weighted by molar-refractivity contribution is -0.182. The van der Waals surface area contributed by atoms with Gasteiger partial charge in [-0.25, -0.2) is 0 Å². The summed E-state index contributed by atoms with van der Waals surface area (Å²) >= 11 is 0. The molecule has 1 fully saturated rings. The van der Waals surface area contributed by atoms with Crippen molar-refractivity contribution in [2.45, 2.75) is 51.4 Å². The Hall–Kier alpha value is -1.23. The van der Waals surface area contributed by atoms with Crippen LogP contribution < -0.4 is 10.1 Å². The topological polar surface area (TPSA) is 21.3 Å². The number of ether oxygens (including phenoxy) is 1. The molecule has 1 N–H and O–H groups in total.